The van der Waals surface area contributed by atoms with Crippen LogP contribution in [0.4, 0.5) is 8.78 Å². The Morgan fingerprint density at radius 2 is 1.81 bits per heavy atom. The highest BCUT2D eigenvalue weighted by atomic mass is 35.5. The van der Waals surface area contributed by atoms with Crippen molar-refractivity contribution >= 4 is 17.5 Å². The maximum atomic E-state index is 13.6. The topological polar surface area (TPSA) is 29.1 Å². The minimum atomic E-state index is -0.871. The molecular formula is C16H14ClF2NO. The molecule has 0 aliphatic heterocycles. The predicted molar refractivity (Wildman–Crippen MR) is 78.3 cm³/mol. The highest BCUT2D eigenvalue weighted by molar-refractivity contribution is 6.31. The van der Waals surface area contributed by atoms with Crippen molar-refractivity contribution in [2.45, 2.75) is 19.4 Å². The normalized spacial score (nSPS) is 11.3. The summed E-state index contributed by atoms with van der Waals surface area (Å²) < 4.78 is 26.7. The first-order valence-corrected chi connectivity index (χ1v) is 6.71. The van der Waals surface area contributed by atoms with Crippen molar-refractivity contribution in [2.75, 3.05) is 0 Å². The number of hydrogen-bond acceptors (Lipinski definition) is 1. The van der Waals surface area contributed by atoms with Crippen LogP contribution in [0, 0.1) is 11.6 Å². The number of rotatable bonds is 3. The van der Waals surface area contributed by atoms with Gasteiger partial charge in [0.1, 0.15) is 11.6 Å². The molecule has 0 radical (unpaired) electrons. The Balaban J connectivity index is 2.29. The summed E-state index contributed by atoms with van der Waals surface area (Å²) in [5.41, 5.74) is -0.372. The lowest BCUT2D eigenvalue weighted by molar-refractivity contribution is 0.0908. The molecule has 21 heavy (non-hydrogen) atoms. The average molecular weight is 310 g/mol. The van der Waals surface area contributed by atoms with Crippen LogP contribution >= 0.6 is 11.6 Å². The fourth-order valence-corrected chi connectivity index (χ4v) is 2.46. The molecule has 0 aliphatic carbocycles. The van der Waals surface area contributed by atoms with Crippen LogP contribution in [-0.4, -0.2) is 5.91 Å². The molecule has 5 heteroatoms. The summed E-state index contributed by atoms with van der Waals surface area (Å²) in [6.07, 6.45) is 0. The number of amides is 1. The van der Waals surface area contributed by atoms with Crippen LogP contribution in [0.1, 0.15) is 29.8 Å². The van der Waals surface area contributed by atoms with Crippen molar-refractivity contribution in [3.8, 4) is 0 Å². The van der Waals surface area contributed by atoms with Gasteiger partial charge in [0.15, 0.2) is 0 Å². The second-order valence-corrected chi connectivity index (χ2v) is 5.59. The average Bonchev–Trinajstić information content (AvgIpc) is 2.37. The molecule has 0 atom stereocenters. The number of halogens is 3. The van der Waals surface area contributed by atoms with E-state index in [1.807, 2.05) is 0 Å². The van der Waals surface area contributed by atoms with E-state index in [-0.39, 0.29) is 10.6 Å². The van der Waals surface area contributed by atoms with Crippen molar-refractivity contribution in [3.05, 3.63) is 70.2 Å². The molecule has 0 bridgehead atoms. The van der Waals surface area contributed by atoms with E-state index in [1.54, 1.807) is 19.9 Å². The van der Waals surface area contributed by atoms with Gasteiger partial charge < -0.3 is 5.32 Å². The van der Waals surface area contributed by atoms with Crippen LogP contribution in [0.3, 0.4) is 0 Å². The van der Waals surface area contributed by atoms with Crippen molar-refractivity contribution in [1.82, 2.24) is 5.32 Å². The molecule has 2 nitrogen and oxygen atoms in total. The summed E-state index contributed by atoms with van der Waals surface area (Å²) >= 11 is 6.01. The molecule has 0 aromatic heterocycles. The third-order valence-electron chi connectivity index (χ3n) is 3.15. The maximum Gasteiger partial charge on any atom is 0.254 e. The molecule has 2 aromatic rings. The minimum Gasteiger partial charge on any atom is -0.343 e. The van der Waals surface area contributed by atoms with Gasteiger partial charge in [0.25, 0.3) is 5.91 Å². The Labute approximate surface area is 126 Å². The molecule has 110 valence electrons. The molecule has 0 aliphatic rings. The van der Waals surface area contributed by atoms with Gasteiger partial charge in [-0.3, -0.25) is 4.79 Å². The number of carbonyl (C=O) groups is 1. The highest BCUT2D eigenvalue weighted by Crippen LogP contribution is 2.28. The van der Waals surface area contributed by atoms with Gasteiger partial charge in [0.05, 0.1) is 11.1 Å². The number of nitrogens with one attached hydrogen (secondary N) is 1. The summed E-state index contributed by atoms with van der Waals surface area (Å²) in [6, 6.07) is 9.63. The fourth-order valence-electron chi connectivity index (χ4n) is 2.06. The third-order valence-corrected chi connectivity index (χ3v) is 3.46. The van der Waals surface area contributed by atoms with Crippen molar-refractivity contribution in [2.24, 2.45) is 0 Å². The Morgan fingerprint density at radius 1 is 1.14 bits per heavy atom. The SMILES string of the molecule is CC(C)(NC(=O)c1ccccc1F)c1ccc(F)cc1Cl. The lowest BCUT2D eigenvalue weighted by Crippen LogP contribution is -2.41. The van der Waals surface area contributed by atoms with Crippen molar-refractivity contribution in [3.63, 3.8) is 0 Å². The van der Waals surface area contributed by atoms with Gasteiger partial charge in [0, 0.05) is 5.02 Å². The van der Waals surface area contributed by atoms with Crippen LogP contribution in [0.15, 0.2) is 42.5 Å². The number of benzene rings is 2. The first-order chi connectivity index (χ1) is 9.81. The molecule has 2 aromatic carbocycles. The van der Waals surface area contributed by atoms with Crippen LogP contribution in [-0.2, 0) is 5.54 Å². The van der Waals surface area contributed by atoms with Gasteiger partial charge in [-0.15, -0.1) is 0 Å². The van der Waals surface area contributed by atoms with Crippen LogP contribution in [0.2, 0.25) is 5.02 Å². The molecular weight excluding hydrogens is 296 g/mol. The first kappa shape index (κ1) is 15.4. The van der Waals surface area contributed by atoms with Gasteiger partial charge in [-0.2, -0.15) is 0 Å². The van der Waals surface area contributed by atoms with Crippen LogP contribution in [0.5, 0.6) is 0 Å². The van der Waals surface area contributed by atoms with Gasteiger partial charge in [0.2, 0.25) is 0 Å². The monoisotopic (exact) mass is 309 g/mol. The van der Waals surface area contributed by atoms with E-state index in [2.05, 4.69) is 5.32 Å². The van der Waals surface area contributed by atoms with E-state index < -0.39 is 23.1 Å². The summed E-state index contributed by atoms with van der Waals surface area (Å²) in [4.78, 5) is 12.2. The van der Waals surface area contributed by atoms with Gasteiger partial charge >= 0.3 is 0 Å². The lowest BCUT2D eigenvalue weighted by atomic mass is 9.93. The molecule has 2 rings (SSSR count). The van der Waals surface area contributed by atoms with E-state index in [0.29, 0.717) is 5.56 Å². The quantitative estimate of drug-likeness (QED) is 0.900. The highest BCUT2D eigenvalue weighted by Gasteiger charge is 2.27. The van der Waals surface area contributed by atoms with E-state index >= 15 is 0 Å². The van der Waals surface area contributed by atoms with Crippen LogP contribution in [0.25, 0.3) is 0 Å². The molecule has 0 heterocycles. The molecule has 0 saturated carbocycles. The summed E-state index contributed by atoms with van der Waals surface area (Å²) in [7, 11) is 0. The molecule has 0 unspecified atom stereocenters. The minimum absolute atomic E-state index is 0.0520. The van der Waals surface area contributed by atoms with Crippen molar-refractivity contribution in [1.29, 1.82) is 0 Å². The Kier molecular flexibility index (Phi) is 4.28. The smallest absolute Gasteiger partial charge is 0.254 e. The second kappa shape index (κ2) is 5.82. The van der Waals surface area contributed by atoms with E-state index in [1.165, 1.54) is 36.4 Å². The summed E-state index contributed by atoms with van der Waals surface area (Å²) in [6.45, 7) is 3.43. The van der Waals surface area contributed by atoms with Gasteiger partial charge in [-0.05, 0) is 43.7 Å². The van der Waals surface area contributed by atoms with E-state index in [4.69, 9.17) is 11.6 Å². The Hall–Kier alpha value is -1.94. The van der Waals surface area contributed by atoms with Crippen LogP contribution < -0.4 is 5.32 Å². The molecule has 0 spiro atoms. The zero-order valence-corrected chi connectivity index (χ0v) is 12.3. The summed E-state index contributed by atoms with van der Waals surface area (Å²) in [5, 5.41) is 2.91. The second-order valence-electron chi connectivity index (χ2n) is 5.18. The first-order valence-electron chi connectivity index (χ1n) is 6.34. The van der Waals surface area contributed by atoms with E-state index in [0.717, 1.165) is 0 Å². The Morgan fingerprint density at radius 3 is 2.43 bits per heavy atom. The zero-order chi connectivity index (χ0) is 15.6. The predicted octanol–water partition coefficient (Wildman–Crippen LogP) is 4.28. The van der Waals surface area contributed by atoms with Gasteiger partial charge in [-0.25, -0.2) is 8.78 Å². The largest absolute Gasteiger partial charge is 0.343 e. The fraction of sp³-hybridized carbons (Fsp3) is 0.188. The third kappa shape index (κ3) is 3.39. The lowest BCUT2D eigenvalue weighted by Gasteiger charge is -2.28. The van der Waals surface area contributed by atoms with Gasteiger partial charge in [-0.1, -0.05) is 29.8 Å². The van der Waals surface area contributed by atoms with Crippen molar-refractivity contribution < 1.29 is 13.6 Å². The molecule has 0 saturated heterocycles. The standard InChI is InChI=1S/C16H14ClF2NO/c1-16(2,12-8-7-10(18)9-13(12)17)20-15(21)11-5-3-4-6-14(11)19/h3-9H,1-2H3,(H,20,21). The number of carbonyl (C=O) groups excluding carboxylic acids is 1. The maximum absolute atomic E-state index is 13.6. The summed E-state index contributed by atoms with van der Waals surface area (Å²) in [5.74, 6) is -1.62. The Bertz CT molecular complexity index is 686. The zero-order valence-electron chi connectivity index (χ0n) is 11.6. The molecule has 1 amide bonds. The number of hydrogen-bond donors (Lipinski definition) is 1. The molecule has 1 N–H and O–H groups in total. The van der Waals surface area contributed by atoms with E-state index in [9.17, 15) is 13.6 Å². The molecule has 0 fully saturated rings.